The molecule has 3 N–H and O–H groups in total. The van der Waals surface area contributed by atoms with Crippen LogP contribution in [0.25, 0.3) is 0 Å². The zero-order valence-corrected chi connectivity index (χ0v) is 12.0. The van der Waals surface area contributed by atoms with Gasteiger partial charge in [0.15, 0.2) is 0 Å². The van der Waals surface area contributed by atoms with Gasteiger partial charge in [-0.1, -0.05) is 0 Å². The molecule has 1 aliphatic rings. The molecule has 2 heterocycles. The van der Waals surface area contributed by atoms with Gasteiger partial charge in [-0.15, -0.1) is 0 Å². The molecule has 0 spiro atoms. The molecule has 1 fully saturated rings. The van der Waals surface area contributed by atoms with Gasteiger partial charge in [-0.25, -0.2) is 18.4 Å². The number of likely N-dealkylation sites (tertiary alicyclic amines) is 1. The van der Waals surface area contributed by atoms with Gasteiger partial charge in [-0.05, 0) is 12.8 Å². The van der Waals surface area contributed by atoms with Gasteiger partial charge in [0, 0.05) is 25.7 Å². The van der Waals surface area contributed by atoms with Gasteiger partial charge in [-0.3, -0.25) is 9.48 Å². The average Bonchev–Trinajstić information content (AvgIpc) is 3.04. The minimum Gasteiger partial charge on any atom is -0.480 e. The summed E-state index contributed by atoms with van der Waals surface area (Å²) in [6.07, 6.45) is 3.52. The lowest BCUT2D eigenvalue weighted by molar-refractivity contribution is -0.148. The quantitative estimate of drug-likeness (QED) is 0.715. The SMILES string of the molecule is NS(=O)(=O)c1cnn(CCC(=O)N2CCC[C@H]2C(=O)O)c1. The summed E-state index contributed by atoms with van der Waals surface area (Å²) >= 11 is 0. The number of aryl methyl sites for hydroxylation is 1. The Morgan fingerprint density at radius 3 is 2.76 bits per heavy atom. The lowest BCUT2D eigenvalue weighted by Crippen LogP contribution is -2.40. The van der Waals surface area contributed by atoms with Crippen molar-refractivity contribution in [3.05, 3.63) is 12.4 Å². The third-order valence-electron chi connectivity index (χ3n) is 3.35. The second kappa shape index (κ2) is 5.82. The van der Waals surface area contributed by atoms with Crippen molar-refractivity contribution >= 4 is 21.9 Å². The normalized spacial score (nSPS) is 18.9. The molecular weight excluding hydrogens is 300 g/mol. The molecule has 2 rings (SSSR count). The van der Waals surface area contributed by atoms with E-state index in [9.17, 15) is 18.0 Å². The van der Waals surface area contributed by atoms with Crippen LogP contribution in [-0.4, -0.2) is 52.7 Å². The van der Waals surface area contributed by atoms with E-state index in [4.69, 9.17) is 10.2 Å². The first-order chi connectivity index (χ1) is 9.79. The van der Waals surface area contributed by atoms with E-state index in [1.807, 2.05) is 0 Å². The highest BCUT2D eigenvalue weighted by Gasteiger charge is 2.33. The maximum absolute atomic E-state index is 12.0. The summed E-state index contributed by atoms with van der Waals surface area (Å²) < 4.78 is 23.5. The van der Waals surface area contributed by atoms with Gasteiger partial charge in [0.05, 0.1) is 6.20 Å². The maximum Gasteiger partial charge on any atom is 0.326 e. The zero-order valence-electron chi connectivity index (χ0n) is 11.2. The Kier molecular flexibility index (Phi) is 4.28. The van der Waals surface area contributed by atoms with Crippen LogP contribution in [0.3, 0.4) is 0 Å². The maximum atomic E-state index is 12.0. The Hall–Kier alpha value is -1.94. The molecule has 0 bridgehead atoms. The fourth-order valence-electron chi connectivity index (χ4n) is 2.29. The summed E-state index contributed by atoms with van der Waals surface area (Å²) in [7, 11) is -3.81. The van der Waals surface area contributed by atoms with E-state index in [1.165, 1.54) is 15.8 Å². The van der Waals surface area contributed by atoms with E-state index in [0.717, 1.165) is 6.20 Å². The van der Waals surface area contributed by atoms with E-state index < -0.39 is 22.0 Å². The third kappa shape index (κ3) is 3.58. The van der Waals surface area contributed by atoms with Gasteiger partial charge in [-0.2, -0.15) is 5.10 Å². The molecule has 10 heteroatoms. The molecule has 0 unspecified atom stereocenters. The molecule has 0 saturated carbocycles. The summed E-state index contributed by atoms with van der Waals surface area (Å²) in [5.41, 5.74) is 0. The number of nitrogens with two attached hydrogens (primary N) is 1. The van der Waals surface area contributed by atoms with Crippen LogP contribution in [0.1, 0.15) is 19.3 Å². The van der Waals surface area contributed by atoms with Crippen LogP contribution in [0.2, 0.25) is 0 Å². The van der Waals surface area contributed by atoms with Crippen molar-refractivity contribution in [1.29, 1.82) is 0 Å². The first-order valence-corrected chi connectivity index (χ1v) is 7.91. The molecule has 1 amide bonds. The Labute approximate surface area is 121 Å². The van der Waals surface area contributed by atoms with Crippen molar-refractivity contribution in [3.63, 3.8) is 0 Å². The number of carbonyl (C=O) groups excluding carboxylic acids is 1. The van der Waals surface area contributed by atoms with Crippen LogP contribution in [0.15, 0.2) is 17.3 Å². The number of rotatable bonds is 5. The summed E-state index contributed by atoms with van der Waals surface area (Å²) in [5.74, 6) is -1.29. The Balaban J connectivity index is 1.95. The third-order valence-corrected chi connectivity index (χ3v) is 4.22. The van der Waals surface area contributed by atoms with E-state index in [2.05, 4.69) is 5.10 Å². The number of primary sulfonamides is 1. The molecule has 0 aliphatic carbocycles. The van der Waals surface area contributed by atoms with Gasteiger partial charge in [0.2, 0.25) is 15.9 Å². The summed E-state index contributed by atoms with van der Waals surface area (Å²) in [4.78, 5) is 24.2. The van der Waals surface area contributed by atoms with E-state index in [1.54, 1.807) is 0 Å². The van der Waals surface area contributed by atoms with Crippen LogP contribution < -0.4 is 5.14 Å². The molecule has 21 heavy (non-hydrogen) atoms. The van der Waals surface area contributed by atoms with E-state index in [0.29, 0.717) is 19.4 Å². The topological polar surface area (TPSA) is 136 Å². The van der Waals surface area contributed by atoms with Crippen LogP contribution in [0.5, 0.6) is 0 Å². The smallest absolute Gasteiger partial charge is 0.326 e. The Morgan fingerprint density at radius 2 is 2.19 bits per heavy atom. The molecule has 116 valence electrons. The van der Waals surface area contributed by atoms with Crippen LogP contribution in [0, 0.1) is 0 Å². The van der Waals surface area contributed by atoms with Crippen molar-refractivity contribution in [2.24, 2.45) is 5.14 Å². The first kappa shape index (κ1) is 15.4. The predicted molar refractivity (Wildman–Crippen MR) is 70.6 cm³/mol. The van der Waals surface area contributed by atoms with Gasteiger partial charge in [0.25, 0.3) is 0 Å². The minimum atomic E-state index is -3.81. The summed E-state index contributed by atoms with van der Waals surface area (Å²) in [5, 5.41) is 17.8. The highest BCUT2D eigenvalue weighted by molar-refractivity contribution is 7.89. The van der Waals surface area contributed by atoms with Crippen molar-refractivity contribution in [3.8, 4) is 0 Å². The zero-order chi connectivity index (χ0) is 15.6. The second-order valence-electron chi connectivity index (χ2n) is 4.82. The molecular formula is C11H16N4O5S. The molecule has 1 aliphatic heterocycles. The van der Waals surface area contributed by atoms with Crippen molar-refractivity contribution in [2.75, 3.05) is 6.54 Å². The van der Waals surface area contributed by atoms with Gasteiger partial charge in [0.1, 0.15) is 10.9 Å². The number of amides is 1. The number of carboxylic acids is 1. The van der Waals surface area contributed by atoms with Crippen LogP contribution in [-0.2, 0) is 26.2 Å². The number of carbonyl (C=O) groups is 2. The highest BCUT2D eigenvalue weighted by atomic mass is 32.2. The van der Waals surface area contributed by atoms with Crippen molar-refractivity contribution in [1.82, 2.24) is 14.7 Å². The largest absolute Gasteiger partial charge is 0.480 e. The lowest BCUT2D eigenvalue weighted by Gasteiger charge is -2.21. The Bertz CT molecular complexity index is 653. The fourth-order valence-corrected chi connectivity index (χ4v) is 2.75. The molecule has 0 aromatic carbocycles. The number of sulfonamides is 1. The van der Waals surface area contributed by atoms with Crippen molar-refractivity contribution in [2.45, 2.75) is 36.7 Å². The average molecular weight is 316 g/mol. The molecule has 9 nitrogen and oxygen atoms in total. The molecule has 1 aromatic rings. The van der Waals surface area contributed by atoms with Crippen LogP contribution in [0.4, 0.5) is 0 Å². The molecule has 1 aromatic heterocycles. The number of carboxylic acid groups (broad SMARTS) is 1. The summed E-state index contributed by atoms with van der Waals surface area (Å²) in [6.45, 7) is 0.592. The summed E-state index contributed by atoms with van der Waals surface area (Å²) in [6, 6.07) is -0.768. The van der Waals surface area contributed by atoms with Gasteiger partial charge < -0.3 is 10.0 Å². The fraction of sp³-hybridized carbons (Fsp3) is 0.545. The molecule has 0 radical (unpaired) electrons. The Morgan fingerprint density at radius 1 is 1.48 bits per heavy atom. The van der Waals surface area contributed by atoms with E-state index >= 15 is 0 Å². The number of aliphatic carboxylic acids is 1. The number of nitrogens with zero attached hydrogens (tertiary/aromatic N) is 3. The second-order valence-corrected chi connectivity index (χ2v) is 6.38. The van der Waals surface area contributed by atoms with Crippen LogP contribution >= 0.6 is 0 Å². The molecule has 1 saturated heterocycles. The predicted octanol–water partition coefficient (Wildman–Crippen LogP) is -1.00. The molecule has 1 atom stereocenters. The minimum absolute atomic E-state index is 0.0511. The number of aromatic nitrogens is 2. The standard InChI is InChI=1S/C11H16N4O5S/c12-21(19,20)8-6-13-14(7-8)5-3-10(16)15-4-1-2-9(15)11(17)18/h6-7,9H,1-5H2,(H,17,18)(H2,12,19,20)/t9-/m0/s1. The monoisotopic (exact) mass is 316 g/mol. The van der Waals surface area contributed by atoms with E-state index in [-0.39, 0.29) is 23.8 Å². The lowest BCUT2D eigenvalue weighted by atomic mass is 10.2. The van der Waals surface area contributed by atoms with Crippen molar-refractivity contribution < 1.29 is 23.1 Å². The van der Waals surface area contributed by atoms with Gasteiger partial charge >= 0.3 is 5.97 Å². The number of hydrogen-bond donors (Lipinski definition) is 2. The number of hydrogen-bond acceptors (Lipinski definition) is 5. The highest BCUT2D eigenvalue weighted by Crippen LogP contribution is 2.18. The first-order valence-electron chi connectivity index (χ1n) is 6.36.